The van der Waals surface area contributed by atoms with E-state index in [1.165, 1.54) is 21.1 Å². The lowest BCUT2D eigenvalue weighted by Gasteiger charge is -2.32. The average Bonchev–Trinajstić information content (AvgIpc) is 3.08. The Labute approximate surface area is 168 Å². The molecule has 1 aliphatic heterocycles. The summed E-state index contributed by atoms with van der Waals surface area (Å²) in [5.41, 5.74) is 7.61. The summed E-state index contributed by atoms with van der Waals surface area (Å²) in [7, 11) is -3.42. The molecule has 6 nitrogen and oxygen atoms in total. The lowest BCUT2D eigenvalue weighted by molar-refractivity contribution is 0.246. The van der Waals surface area contributed by atoms with Crippen molar-refractivity contribution in [2.24, 2.45) is 0 Å². The molecule has 0 saturated carbocycles. The summed E-state index contributed by atoms with van der Waals surface area (Å²) in [5, 5.41) is 1.26. The van der Waals surface area contributed by atoms with E-state index in [0.29, 0.717) is 36.9 Å². The molecule has 0 atom stereocenters. The first-order valence-corrected chi connectivity index (χ1v) is 11.2. The van der Waals surface area contributed by atoms with Gasteiger partial charge in [-0.15, -0.1) is 11.3 Å². The molecule has 9 heteroatoms. The third-order valence-corrected chi connectivity index (χ3v) is 6.99. The Balaban J connectivity index is 1.51. The van der Waals surface area contributed by atoms with Gasteiger partial charge < -0.3 is 10.6 Å². The van der Waals surface area contributed by atoms with Gasteiger partial charge in [-0.2, -0.15) is 4.31 Å². The molecule has 0 unspecified atom stereocenters. The van der Waals surface area contributed by atoms with Crippen molar-refractivity contribution in [2.45, 2.75) is 6.42 Å². The van der Waals surface area contributed by atoms with Gasteiger partial charge in [-0.3, -0.25) is 4.98 Å². The van der Waals surface area contributed by atoms with Crippen molar-refractivity contribution in [3.05, 3.63) is 63.1 Å². The minimum absolute atomic E-state index is 0.456. The Hall–Kier alpha value is -1.87. The molecule has 3 heterocycles. The fourth-order valence-electron chi connectivity index (χ4n) is 2.70. The fraction of sp³-hybridized carbons (Fsp3) is 0.278. The predicted molar refractivity (Wildman–Crippen MR) is 112 cm³/mol. The number of halogens is 1. The summed E-state index contributed by atoms with van der Waals surface area (Å²) in [6.07, 6.45) is 9.75. The van der Waals surface area contributed by atoms with Crippen LogP contribution in [0.4, 0.5) is 5.69 Å². The Morgan fingerprint density at radius 3 is 2.67 bits per heavy atom. The van der Waals surface area contributed by atoms with E-state index < -0.39 is 10.0 Å². The molecular weight excluding hydrogens is 404 g/mol. The van der Waals surface area contributed by atoms with Crippen molar-refractivity contribution in [3.63, 3.8) is 0 Å². The van der Waals surface area contributed by atoms with Crippen LogP contribution in [-0.4, -0.2) is 48.8 Å². The van der Waals surface area contributed by atoms with Gasteiger partial charge >= 0.3 is 0 Å². The number of rotatable bonds is 6. The summed E-state index contributed by atoms with van der Waals surface area (Å²) in [4.78, 5) is 7.01. The van der Waals surface area contributed by atoms with E-state index in [1.54, 1.807) is 36.7 Å². The highest BCUT2D eigenvalue weighted by Gasteiger charge is 2.23. The van der Waals surface area contributed by atoms with Crippen molar-refractivity contribution >= 4 is 44.7 Å². The number of hydrogen-bond donors (Lipinski definition) is 1. The number of nitrogens with zero attached hydrogens (tertiary/aromatic N) is 3. The summed E-state index contributed by atoms with van der Waals surface area (Å²) in [6.45, 7) is 2.21. The van der Waals surface area contributed by atoms with E-state index in [-0.39, 0.29) is 0 Å². The van der Waals surface area contributed by atoms with Crippen molar-refractivity contribution in [2.75, 3.05) is 31.9 Å². The highest BCUT2D eigenvalue weighted by Crippen LogP contribution is 2.23. The smallest absolute Gasteiger partial charge is 0.236 e. The van der Waals surface area contributed by atoms with Gasteiger partial charge in [-0.05, 0) is 42.5 Å². The molecule has 2 aromatic heterocycles. The number of nitrogens with two attached hydrogens (primary N) is 1. The number of nitrogen functional groups attached to an aromatic ring is 1. The maximum absolute atomic E-state index is 12.5. The average molecular weight is 425 g/mol. The molecule has 0 aromatic carbocycles. The van der Waals surface area contributed by atoms with Gasteiger partial charge in [0.25, 0.3) is 0 Å². The zero-order valence-electron chi connectivity index (χ0n) is 14.7. The van der Waals surface area contributed by atoms with Crippen molar-refractivity contribution in [1.29, 1.82) is 0 Å². The number of pyridine rings is 1. The minimum atomic E-state index is -3.42. The van der Waals surface area contributed by atoms with E-state index in [4.69, 9.17) is 17.3 Å². The standard InChI is InChI=1S/C18H21ClN4O2S2/c19-18-4-3-16(26-18)6-13-27(24,25)23-11-9-22(10-12-23)8-1-2-15-14-21-7-5-17(15)20/h1,3-8,13-14H,2,9-12H2,(H2,20,21). The largest absolute Gasteiger partial charge is 0.398 e. The van der Waals surface area contributed by atoms with Gasteiger partial charge in [-0.25, -0.2) is 8.42 Å². The van der Waals surface area contributed by atoms with Crippen LogP contribution in [-0.2, 0) is 16.4 Å². The van der Waals surface area contributed by atoms with Gasteiger partial charge in [0.05, 0.1) is 4.34 Å². The lowest BCUT2D eigenvalue weighted by atomic mass is 10.2. The molecule has 3 rings (SSSR count). The van der Waals surface area contributed by atoms with Gasteiger partial charge in [-0.1, -0.05) is 17.7 Å². The number of piperazine rings is 1. The van der Waals surface area contributed by atoms with Gasteiger partial charge in [0, 0.05) is 54.5 Å². The van der Waals surface area contributed by atoms with E-state index >= 15 is 0 Å². The number of sulfonamides is 1. The van der Waals surface area contributed by atoms with E-state index in [9.17, 15) is 8.42 Å². The first-order valence-electron chi connectivity index (χ1n) is 8.47. The number of hydrogen-bond acceptors (Lipinski definition) is 6. The molecule has 0 amide bonds. The normalized spacial score (nSPS) is 16.6. The van der Waals surface area contributed by atoms with Crippen LogP contribution in [0.5, 0.6) is 0 Å². The SMILES string of the molecule is Nc1ccncc1CC=CN1CCN(S(=O)(=O)C=Cc2ccc(Cl)s2)CC1. The maximum atomic E-state index is 12.5. The summed E-state index contributed by atoms with van der Waals surface area (Å²) in [6, 6.07) is 5.34. The quantitative estimate of drug-likeness (QED) is 0.770. The summed E-state index contributed by atoms with van der Waals surface area (Å²) < 4.78 is 27.1. The number of allylic oxidation sites excluding steroid dienone is 1. The van der Waals surface area contributed by atoms with Crippen LogP contribution in [0.15, 0.2) is 48.3 Å². The van der Waals surface area contributed by atoms with Crippen LogP contribution >= 0.6 is 22.9 Å². The van der Waals surface area contributed by atoms with Crippen LogP contribution < -0.4 is 5.73 Å². The first kappa shape index (κ1) is 19.9. The van der Waals surface area contributed by atoms with Crippen molar-refractivity contribution < 1.29 is 8.42 Å². The molecule has 1 fully saturated rings. The molecule has 1 saturated heterocycles. The molecule has 0 spiro atoms. The van der Waals surface area contributed by atoms with E-state index in [2.05, 4.69) is 9.88 Å². The van der Waals surface area contributed by atoms with Gasteiger partial charge in [0.2, 0.25) is 10.0 Å². The molecule has 27 heavy (non-hydrogen) atoms. The molecule has 0 aliphatic carbocycles. The highest BCUT2D eigenvalue weighted by molar-refractivity contribution is 7.92. The molecule has 0 bridgehead atoms. The molecule has 2 aromatic rings. The van der Waals surface area contributed by atoms with E-state index in [1.807, 2.05) is 12.3 Å². The van der Waals surface area contributed by atoms with Crippen LogP contribution in [0.3, 0.4) is 0 Å². The Morgan fingerprint density at radius 2 is 2.00 bits per heavy atom. The van der Waals surface area contributed by atoms with Crippen molar-refractivity contribution in [3.8, 4) is 0 Å². The summed E-state index contributed by atoms with van der Waals surface area (Å²) >= 11 is 7.22. The van der Waals surface area contributed by atoms with Crippen LogP contribution in [0.2, 0.25) is 4.34 Å². The topological polar surface area (TPSA) is 79.5 Å². The van der Waals surface area contributed by atoms with Crippen molar-refractivity contribution in [1.82, 2.24) is 14.2 Å². The zero-order valence-corrected chi connectivity index (χ0v) is 17.1. The highest BCUT2D eigenvalue weighted by atomic mass is 35.5. The molecular formula is C18H21ClN4O2S2. The number of anilines is 1. The van der Waals surface area contributed by atoms with E-state index in [0.717, 1.165) is 16.1 Å². The minimum Gasteiger partial charge on any atom is -0.398 e. The first-order chi connectivity index (χ1) is 12.9. The maximum Gasteiger partial charge on any atom is 0.236 e. The number of thiophene rings is 1. The fourth-order valence-corrected chi connectivity index (χ4v) is 4.91. The van der Waals surface area contributed by atoms with Gasteiger partial charge in [0.1, 0.15) is 0 Å². The molecule has 0 radical (unpaired) electrons. The molecule has 1 aliphatic rings. The monoisotopic (exact) mass is 424 g/mol. The van der Waals surface area contributed by atoms with Crippen LogP contribution in [0, 0.1) is 0 Å². The Bertz CT molecular complexity index is 932. The Kier molecular flexibility index (Phi) is 6.54. The second kappa shape index (κ2) is 8.88. The van der Waals surface area contributed by atoms with Crippen LogP contribution in [0.25, 0.3) is 6.08 Å². The second-order valence-corrected chi connectivity index (χ2v) is 9.65. The summed E-state index contributed by atoms with van der Waals surface area (Å²) in [5.74, 6) is 0. The zero-order chi connectivity index (χ0) is 19.3. The third-order valence-electron chi connectivity index (χ3n) is 4.23. The van der Waals surface area contributed by atoms with Gasteiger partial charge in [0.15, 0.2) is 0 Å². The predicted octanol–water partition coefficient (Wildman–Crippen LogP) is 3.05. The lowest BCUT2D eigenvalue weighted by Crippen LogP contribution is -2.46. The van der Waals surface area contributed by atoms with Crippen LogP contribution in [0.1, 0.15) is 10.4 Å². The second-order valence-electron chi connectivity index (χ2n) is 6.09. The third kappa shape index (κ3) is 5.55. The molecule has 2 N–H and O–H groups in total. The Morgan fingerprint density at radius 1 is 1.22 bits per heavy atom. The molecule has 144 valence electrons. The number of aromatic nitrogens is 1.